The van der Waals surface area contributed by atoms with Crippen molar-refractivity contribution in [2.75, 3.05) is 11.9 Å². The molecule has 15 heavy (non-hydrogen) atoms. The van der Waals surface area contributed by atoms with Crippen molar-refractivity contribution >= 4 is 5.69 Å². The van der Waals surface area contributed by atoms with E-state index in [1.54, 1.807) is 0 Å². The van der Waals surface area contributed by atoms with Gasteiger partial charge < -0.3 is 10.4 Å². The first-order chi connectivity index (χ1) is 7.24. The highest BCUT2D eigenvalue weighted by Crippen LogP contribution is 2.34. The molecule has 82 valence electrons. The Balaban J connectivity index is 2.32. The molecule has 0 saturated heterocycles. The molecule has 0 fully saturated rings. The molecule has 0 radical (unpaired) electrons. The van der Waals surface area contributed by atoms with Crippen LogP contribution in [0.4, 0.5) is 5.69 Å². The molecular formula is C13H19NO. The van der Waals surface area contributed by atoms with E-state index in [0.29, 0.717) is 5.92 Å². The summed E-state index contributed by atoms with van der Waals surface area (Å²) in [6.07, 6.45) is 1.75. The van der Waals surface area contributed by atoms with Crippen molar-refractivity contribution in [1.29, 1.82) is 0 Å². The molecule has 1 aliphatic rings. The Morgan fingerprint density at radius 3 is 3.00 bits per heavy atom. The third-order valence-corrected chi connectivity index (χ3v) is 3.38. The van der Waals surface area contributed by atoms with E-state index in [1.165, 1.54) is 11.3 Å². The van der Waals surface area contributed by atoms with E-state index in [-0.39, 0.29) is 6.10 Å². The zero-order valence-corrected chi connectivity index (χ0v) is 9.46. The summed E-state index contributed by atoms with van der Waals surface area (Å²) in [6.45, 7) is 5.21. The topological polar surface area (TPSA) is 32.3 Å². The van der Waals surface area contributed by atoms with Crippen molar-refractivity contribution < 1.29 is 5.11 Å². The second-order valence-corrected chi connectivity index (χ2v) is 4.39. The number of nitrogens with one attached hydrogen (secondary N) is 1. The van der Waals surface area contributed by atoms with E-state index >= 15 is 0 Å². The molecule has 1 aromatic carbocycles. The fourth-order valence-electron chi connectivity index (χ4n) is 2.14. The zero-order valence-electron chi connectivity index (χ0n) is 9.46. The van der Waals surface area contributed by atoms with Gasteiger partial charge in [-0.2, -0.15) is 0 Å². The quantitative estimate of drug-likeness (QED) is 0.795. The van der Waals surface area contributed by atoms with Gasteiger partial charge in [0.25, 0.3) is 0 Å². The van der Waals surface area contributed by atoms with Gasteiger partial charge in [-0.1, -0.05) is 38.5 Å². The molecular weight excluding hydrogens is 186 g/mol. The van der Waals surface area contributed by atoms with Crippen LogP contribution < -0.4 is 5.32 Å². The number of fused-ring (bicyclic) bond motifs is 1. The minimum atomic E-state index is -0.337. The molecule has 1 heterocycles. The maximum Gasteiger partial charge on any atom is 0.0835 e. The number of para-hydroxylation sites is 1. The van der Waals surface area contributed by atoms with E-state index in [2.05, 4.69) is 25.2 Å². The molecule has 0 amide bonds. The first-order valence-corrected chi connectivity index (χ1v) is 5.77. The summed E-state index contributed by atoms with van der Waals surface area (Å²) in [4.78, 5) is 0. The molecule has 1 aliphatic heterocycles. The Bertz CT molecular complexity index is 348. The van der Waals surface area contributed by atoms with Crippen molar-refractivity contribution in [1.82, 2.24) is 0 Å². The molecule has 2 heteroatoms. The van der Waals surface area contributed by atoms with E-state index in [1.807, 2.05) is 12.1 Å². The molecule has 2 nitrogen and oxygen atoms in total. The minimum Gasteiger partial charge on any atom is -0.388 e. The Morgan fingerprint density at radius 1 is 1.47 bits per heavy atom. The van der Waals surface area contributed by atoms with Crippen molar-refractivity contribution in [3.8, 4) is 0 Å². The summed E-state index contributed by atoms with van der Waals surface area (Å²) in [5.74, 6) is 0.318. The van der Waals surface area contributed by atoms with Gasteiger partial charge in [-0.15, -0.1) is 0 Å². The lowest BCUT2D eigenvalue weighted by Crippen LogP contribution is -2.10. The van der Waals surface area contributed by atoms with Gasteiger partial charge in [-0.25, -0.2) is 0 Å². The van der Waals surface area contributed by atoms with Gasteiger partial charge >= 0.3 is 0 Å². The standard InChI is InChI=1S/C13H19NO/c1-3-9(2)13(15)11-6-4-5-10-7-8-14-12(10)11/h4-6,9,13-15H,3,7-8H2,1-2H3. The monoisotopic (exact) mass is 205 g/mol. The predicted octanol–water partition coefficient (Wildman–Crippen LogP) is 2.73. The lowest BCUT2D eigenvalue weighted by molar-refractivity contribution is 0.116. The molecule has 0 bridgehead atoms. The van der Waals surface area contributed by atoms with Gasteiger partial charge in [0.05, 0.1) is 6.10 Å². The van der Waals surface area contributed by atoms with Gasteiger partial charge in [0.2, 0.25) is 0 Å². The highest BCUT2D eigenvalue weighted by atomic mass is 16.3. The molecule has 2 unspecified atom stereocenters. The number of benzene rings is 1. The van der Waals surface area contributed by atoms with Crippen LogP contribution in [0, 0.1) is 5.92 Å². The van der Waals surface area contributed by atoms with Crippen LogP contribution >= 0.6 is 0 Å². The molecule has 1 aromatic rings. The largest absolute Gasteiger partial charge is 0.388 e. The molecule has 2 N–H and O–H groups in total. The molecule has 0 aliphatic carbocycles. The van der Waals surface area contributed by atoms with Crippen LogP contribution in [0.1, 0.15) is 37.5 Å². The summed E-state index contributed by atoms with van der Waals surface area (Å²) < 4.78 is 0. The maximum absolute atomic E-state index is 10.2. The van der Waals surface area contributed by atoms with Crippen LogP contribution in [-0.2, 0) is 6.42 Å². The van der Waals surface area contributed by atoms with Crippen molar-refractivity contribution in [2.24, 2.45) is 5.92 Å². The summed E-state index contributed by atoms with van der Waals surface area (Å²) in [5, 5.41) is 13.6. The second kappa shape index (κ2) is 4.23. The van der Waals surface area contributed by atoms with Gasteiger partial charge in [-0.05, 0) is 17.9 Å². The summed E-state index contributed by atoms with van der Waals surface area (Å²) in [7, 11) is 0. The summed E-state index contributed by atoms with van der Waals surface area (Å²) in [5.41, 5.74) is 3.58. The van der Waals surface area contributed by atoms with Crippen LogP contribution in [0.25, 0.3) is 0 Å². The Morgan fingerprint density at radius 2 is 2.27 bits per heavy atom. The van der Waals surface area contributed by atoms with Crippen LogP contribution in [-0.4, -0.2) is 11.7 Å². The second-order valence-electron chi connectivity index (χ2n) is 4.39. The summed E-state index contributed by atoms with van der Waals surface area (Å²) >= 11 is 0. The smallest absolute Gasteiger partial charge is 0.0835 e. The number of aliphatic hydroxyl groups is 1. The van der Waals surface area contributed by atoms with Gasteiger partial charge in [0.15, 0.2) is 0 Å². The molecule has 0 aromatic heterocycles. The van der Waals surface area contributed by atoms with Crippen LogP contribution in [0.3, 0.4) is 0 Å². The van der Waals surface area contributed by atoms with Crippen LogP contribution in [0.2, 0.25) is 0 Å². The maximum atomic E-state index is 10.2. The molecule has 0 spiro atoms. The highest BCUT2D eigenvalue weighted by Gasteiger charge is 2.21. The number of hydrogen-bond acceptors (Lipinski definition) is 2. The van der Waals surface area contributed by atoms with E-state index in [0.717, 1.165) is 24.9 Å². The number of anilines is 1. The lowest BCUT2D eigenvalue weighted by Gasteiger charge is -2.20. The summed E-state index contributed by atoms with van der Waals surface area (Å²) in [6, 6.07) is 6.23. The SMILES string of the molecule is CCC(C)C(O)c1cccc2c1NCC2. The van der Waals surface area contributed by atoms with Crippen LogP contribution in [0.15, 0.2) is 18.2 Å². The third-order valence-electron chi connectivity index (χ3n) is 3.38. The molecule has 0 saturated carbocycles. The first kappa shape index (κ1) is 10.5. The predicted molar refractivity (Wildman–Crippen MR) is 63.1 cm³/mol. The fraction of sp³-hybridized carbons (Fsp3) is 0.538. The highest BCUT2D eigenvalue weighted by molar-refractivity contribution is 5.61. The Labute approximate surface area is 91.3 Å². The Hall–Kier alpha value is -1.02. The number of rotatable bonds is 3. The van der Waals surface area contributed by atoms with Crippen LogP contribution in [0.5, 0.6) is 0 Å². The van der Waals surface area contributed by atoms with Crippen molar-refractivity contribution in [3.63, 3.8) is 0 Å². The van der Waals surface area contributed by atoms with Gasteiger partial charge in [-0.3, -0.25) is 0 Å². The number of hydrogen-bond donors (Lipinski definition) is 2. The third kappa shape index (κ3) is 1.86. The zero-order chi connectivity index (χ0) is 10.8. The lowest BCUT2D eigenvalue weighted by atomic mass is 9.93. The van der Waals surface area contributed by atoms with E-state index < -0.39 is 0 Å². The molecule has 2 rings (SSSR count). The van der Waals surface area contributed by atoms with Crippen molar-refractivity contribution in [3.05, 3.63) is 29.3 Å². The normalized spacial score (nSPS) is 18.1. The van der Waals surface area contributed by atoms with Gasteiger partial charge in [0, 0.05) is 17.8 Å². The fourth-order valence-corrected chi connectivity index (χ4v) is 2.14. The van der Waals surface area contributed by atoms with Crippen molar-refractivity contribution in [2.45, 2.75) is 32.8 Å². The average molecular weight is 205 g/mol. The minimum absolute atomic E-state index is 0.318. The van der Waals surface area contributed by atoms with E-state index in [4.69, 9.17) is 0 Å². The molecule has 2 atom stereocenters. The number of aliphatic hydroxyl groups excluding tert-OH is 1. The van der Waals surface area contributed by atoms with Gasteiger partial charge in [0.1, 0.15) is 0 Å². The van der Waals surface area contributed by atoms with E-state index in [9.17, 15) is 5.11 Å². The Kier molecular flexibility index (Phi) is 2.96. The first-order valence-electron chi connectivity index (χ1n) is 5.77. The average Bonchev–Trinajstić information content (AvgIpc) is 2.74.